The number of rotatable bonds is 7. The maximum atomic E-state index is 12.4. The highest BCUT2D eigenvalue weighted by Gasteiger charge is 2.21. The number of Topliss-reactive ketones (excluding diaryl/α,β-unsaturated/α-hetero) is 1. The molecule has 2 heterocycles. The fourth-order valence-corrected chi connectivity index (χ4v) is 3.23. The van der Waals surface area contributed by atoms with Crippen molar-refractivity contribution >= 4 is 11.7 Å². The van der Waals surface area contributed by atoms with E-state index >= 15 is 0 Å². The van der Waals surface area contributed by atoms with Crippen LogP contribution in [0.3, 0.4) is 0 Å². The molecule has 0 saturated carbocycles. The monoisotopic (exact) mass is 354 g/mol. The van der Waals surface area contributed by atoms with E-state index in [1.807, 2.05) is 59.2 Å². The van der Waals surface area contributed by atoms with Gasteiger partial charge in [-0.2, -0.15) is 0 Å². The van der Waals surface area contributed by atoms with E-state index in [4.69, 9.17) is 0 Å². The Morgan fingerprint density at radius 1 is 1.04 bits per heavy atom. The maximum absolute atomic E-state index is 12.4. The van der Waals surface area contributed by atoms with Crippen LogP contribution in [0.25, 0.3) is 0 Å². The first-order valence-corrected chi connectivity index (χ1v) is 9.18. The van der Waals surface area contributed by atoms with Gasteiger partial charge in [0.2, 0.25) is 5.91 Å². The molecule has 1 aliphatic rings. The predicted octanol–water partition coefficient (Wildman–Crippen LogP) is 2.12. The fraction of sp³-hybridized carbons (Fsp3) is 0.450. The van der Waals surface area contributed by atoms with Gasteiger partial charge in [0.1, 0.15) is 5.82 Å². The number of hydrogen-bond acceptors (Lipinski definition) is 4. The smallest absolute Gasteiger partial charge is 0.222 e. The van der Waals surface area contributed by atoms with Crippen LogP contribution in [0.4, 0.5) is 0 Å². The number of hydrogen-bond donors (Lipinski definition) is 0. The second-order valence-electron chi connectivity index (χ2n) is 6.75. The number of benzene rings is 1. The number of carbonyl (C=O) groups excluding carboxylic acids is 2. The molecule has 1 aliphatic heterocycles. The van der Waals surface area contributed by atoms with Crippen LogP contribution in [-0.4, -0.2) is 57.2 Å². The molecule has 2 aromatic rings. The molecule has 0 spiro atoms. The van der Waals surface area contributed by atoms with Gasteiger partial charge in [-0.25, -0.2) is 4.98 Å². The van der Waals surface area contributed by atoms with Gasteiger partial charge in [0.15, 0.2) is 5.78 Å². The van der Waals surface area contributed by atoms with Crippen LogP contribution in [0.15, 0.2) is 42.7 Å². The lowest BCUT2D eigenvalue weighted by Crippen LogP contribution is -2.48. The van der Waals surface area contributed by atoms with E-state index < -0.39 is 0 Å². The number of aromatic nitrogens is 2. The van der Waals surface area contributed by atoms with Crippen molar-refractivity contribution in [2.45, 2.75) is 25.8 Å². The summed E-state index contributed by atoms with van der Waals surface area (Å²) in [6, 6.07) is 9.27. The first kappa shape index (κ1) is 18.3. The van der Waals surface area contributed by atoms with Gasteiger partial charge in [0, 0.05) is 64.0 Å². The topological polar surface area (TPSA) is 58.4 Å². The zero-order valence-electron chi connectivity index (χ0n) is 15.3. The van der Waals surface area contributed by atoms with Crippen molar-refractivity contribution in [1.29, 1.82) is 0 Å². The van der Waals surface area contributed by atoms with Crippen molar-refractivity contribution in [3.05, 3.63) is 54.1 Å². The van der Waals surface area contributed by atoms with Crippen molar-refractivity contribution in [2.24, 2.45) is 7.05 Å². The molecule has 0 unspecified atom stereocenters. The summed E-state index contributed by atoms with van der Waals surface area (Å²) < 4.78 is 2.03. The highest BCUT2D eigenvalue weighted by molar-refractivity contribution is 5.96. The minimum absolute atomic E-state index is 0.110. The van der Waals surface area contributed by atoms with Gasteiger partial charge < -0.3 is 9.47 Å². The van der Waals surface area contributed by atoms with E-state index in [-0.39, 0.29) is 11.7 Å². The largest absolute Gasteiger partial charge is 0.340 e. The Labute approximate surface area is 154 Å². The van der Waals surface area contributed by atoms with E-state index in [0.29, 0.717) is 19.3 Å². The van der Waals surface area contributed by atoms with Crippen molar-refractivity contribution in [3.8, 4) is 0 Å². The average molecular weight is 354 g/mol. The molecule has 1 aromatic heterocycles. The lowest BCUT2D eigenvalue weighted by Gasteiger charge is -2.34. The van der Waals surface area contributed by atoms with Crippen LogP contribution < -0.4 is 0 Å². The molecule has 1 amide bonds. The lowest BCUT2D eigenvalue weighted by molar-refractivity contribution is -0.133. The first-order chi connectivity index (χ1) is 12.6. The molecular weight excluding hydrogens is 328 g/mol. The van der Waals surface area contributed by atoms with Crippen molar-refractivity contribution < 1.29 is 9.59 Å². The second-order valence-corrected chi connectivity index (χ2v) is 6.75. The summed E-state index contributed by atoms with van der Waals surface area (Å²) in [5.41, 5.74) is 0.725. The van der Waals surface area contributed by atoms with Crippen LogP contribution in [0.1, 0.15) is 35.4 Å². The van der Waals surface area contributed by atoms with Gasteiger partial charge in [-0.05, 0) is 6.42 Å². The molecule has 0 radical (unpaired) electrons. The van der Waals surface area contributed by atoms with Crippen LogP contribution in [0.2, 0.25) is 0 Å². The number of piperazine rings is 1. The Balaban J connectivity index is 1.37. The lowest BCUT2D eigenvalue weighted by atomic mass is 10.1. The Morgan fingerprint density at radius 2 is 1.77 bits per heavy atom. The normalized spacial score (nSPS) is 15.2. The number of nitrogens with zero attached hydrogens (tertiary/aromatic N) is 4. The van der Waals surface area contributed by atoms with Gasteiger partial charge >= 0.3 is 0 Å². The van der Waals surface area contributed by atoms with Crippen molar-refractivity contribution in [2.75, 3.05) is 26.2 Å². The summed E-state index contributed by atoms with van der Waals surface area (Å²) in [6.45, 7) is 4.03. The summed E-state index contributed by atoms with van der Waals surface area (Å²) >= 11 is 0. The van der Waals surface area contributed by atoms with Gasteiger partial charge in [-0.3, -0.25) is 14.5 Å². The Kier molecular flexibility index (Phi) is 6.17. The molecule has 0 atom stereocenters. The van der Waals surface area contributed by atoms with E-state index in [9.17, 15) is 9.59 Å². The van der Waals surface area contributed by atoms with Crippen LogP contribution in [0.5, 0.6) is 0 Å². The Hall–Kier alpha value is -2.47. The molecule has 6 heteroatoms. The minimum Gasteiger partial charge on any atom is -0.340 e. The molecule has 0 aliphatic carbocycles. The SMILES string of the molecule is Cn1ccnc1CN1CCN(C(=O)CCCC(=O)c2ccccc2)CC1. The zero-order valence-corrected chi connectivity index (χ0v) is 15.3. The first-order valence-electron chi connectivity index (χ1n) is 9.18. The number of imidazole rings is 1. The summed E-state index contributed by atoms with van der Waals surface area (Å²) in [5, 5.41) is 0. The molecule has 26 heavy (non-hydrogen) atoms. The highest BCUT2D eigenvalue weighted by Crippen LogP contribution is 2.11. The van der Waals surface area contributed by atoms with E-state index in [1.54, 1.807) is 0 Å². The van der Waals surface area contributed by atoms with E-state index in [1.165, 1.54) is 0 Å². The molecule has 1 aromatic carbocycles. The fourth-order valence-electron chi connectivity index (χ4n) is 3.23. The number of aryl methyl sites for hydroxylation is 1. The minimum atomic E-state index is 0.110. The maximum Gasteiger partial charge on any atom is 0.222 e. The third-order valence-corrected chi connectivity index (χ3v) is 4.90. The third kappa shape index (κ3) is 4.79. The standard InChI is InChI=1S/C20H26N4O2/c1-22-11-10-21-19(22)16-23-12-14-24(15-13-23)20(26)9-5-8-18(25)17-6-3-2-4-7-17/h2-4,6-7,10-11H,5,8-9,12-16H2,1H3. The summed E-state index contributed by atoms with van der Waals surface area (Å²) in [4.78, 5) is 33.1. The number of amides is 1. The Morgan fingerprint density at radius 3 is 2.42 bits per heavy atom. The van der Waals surface area contributed by atoms with Crippen LogP contribution >= 0.6 is 0 Å². The molecule has 0 bridgehead atoms. The van der Waals surface area contributed by atoms with Gasteiger partial charge in [-0.1, -0.05) is 30.3 Å². The van der Waals surface area contributed by atoms with Crippen LogP contribution in [0, 0.1) is 0 Å². The predicted molar refractivity (Wildman–Crippen MR) is 99.7 cm³/mol. The van der Waals surface area contributed by atoms with Gasteiger partial charge in [0.05, 0.1) is 6.54 Å². The molecule has 3 rings (SSSR count). The average Bonchev–Trinajstić information content (AvgIpc) is 3.07. The quantitative estimate of drug-likeness (QED) is 0.715. The summed E-state index contributed by atoms with van der Waals surface area (Å²) in [6.07, 6.45) is 5.24. The van der Waals surface area contributed by atoms with Gasteiger partial charge in [0.25, 0.3) is 0 Å². The number of ketones is 1. The van der Waals surface area contributed by atoms with Gasteiger partial charge in [-0.15, -0.1) is 0 Å². The summed E-state index contributed by atoms with van der Waals surface area (Å²) in [7, 11) is 2.00. The van der Waals surface area contributed by atoms with Crippen molar-refractivity contribution in [1.82, 2.24) is 19.4 Å². The van der Waals surface area contributed by atoms with Crippen molar-refractivity contribution in [3.63, 3.8) is 0 Å². The molecular formula is C20H26N4O2. The highest BCUT2D eigenvalue weighted by atomic mass is 16.2. The third-order valence-electron chi connectivity index (χ3n) is 4.90. The molecule has 138 valence electrons. The Bertz CT molecular complexity index is 733. The van der Waals surface area contributed by atoms with E-state index in [2.05, 4.69) is 9.88 Å². The molecule has 0 N–H and O–H groups in total. The van der Waals surface area contributed by atoms with Crippen LogP contribution in [-0.2, 0) is 18.4 Å². The molecule has 1 saturated heterocycles. The molecule has 6 nitrogen and oxygen atoms in total. The second kappa shape index (κ2) is 8.76. The zero-order chi connectivity index (χ0) is 18.4. The molecule has 1 fully saturated rings. The van der Waals surface area contributed by atoms with E-state index in [0.717, 1.165) is 44.1 Å². The summed E-state index contributed by atoms with van der Waals surface area (Å²) in [5.74, 6) is 1.31. The number of carbonyl (C=O) groups is 2.